The Morgan fingerprint density at radius 3 is 2.22 bits per heavy atom. The highest BCUT2D eigenvalue weighted by molar-refractivity contribution is 5.85. The minimum absolute atomic E-state index is 0.303. The molecule has 0 bridgehead atoms. The Bertz CT molecular complexity index is 199. The van der Waals surface area contributed by atoms with Crippen LogP contribution in [0, 0.1) is 11.3 Å². The Hall–Kier alpha value is -1.50. The lowest BCUT2D eigenvalue weighted by Crippen LogP contribution is -1.99. The highest BCUT2D eigenvalue weighted by Gasteiger charge is 2.10. The molecule has 0 aliphatic carbocycles. The van der Waals surface area contributed by atoms with Crippen LogP contribution in [0.3, 0.4) is 0 Å². The molecule has 0 fully saturated rings. The fraction of sp³-hybridized carbons (Fsp3) is 0.200. The summed E-state index contributed by atoms with van der Waals surface area (Å²) < 4.78 is 0. The third-order valence-electron chi connectivity index (χ3n) is 0.703. The third-order valence-corrected chi connectivity index (χ3v) is 0.703. The van der Waals surface area contributed by atoms with Gasteiger partial charge in [0.05, 0.1) is 11.6 Å². The van der Waals surface area contributed by atoms with Crippen LogP contribution >= 0.6 is 0 Å². The number of carbonyl (C=O) groups is 1. The van der Waals surface area contributed by atoms with Gasteiger partial charge < -0.3 is 5.11 Å². The third kappa shape index (κ3) is 1.82. The zero-order chi connectivity index (χ0) is 7.44. The molecular weight excluding hydrogens is 122 g/mol. The number of hydrogen-bond acceptors (Lipinski definition) is 2. The van der Waals surface area contributed by atoms with Crippen LogP contribution in [0.15, 0.2) is 11.3 Å². The Morgan fingerprint density at radius 1 is 1.67 bits per heavy atom. The smallest absolute Gasteiger partial charge is 0.377 e. The molecule has 0 amide bonds. The molecule has 0 aliphatic heterocycles. The average molecular weight is 126 g/mol. The van der Waals surface area contributed by atoms with Crippen LogP contribution in [0.2, 0.25) is 0 Å². The molecule has 1 N–H and O–H groups in total. The van der Waals surface area contributed by atoms with Gasteiger partial charge in [-0.1, -0.05) is 0 Å². The van der Waals surface area contributed by atoms with Gasteiger partial charge in [0, 0.05) is 0 Å². The molecule has 0 aromatic carbocycles. The van der Waals surface area contributed by atoms with E-state index < -0.39 is 11.7 Å². The molecule has 0 rings (SSSR count). The standard InChI is InChI=1S/C5H4NO3/c1-3(2-6)4(7)5(8)9/h1H3,(H,8,9). The van der Waals surface area contributed by atoms with Crippen LogP contribution in [-0.2, 0) is 9.90 Å². The lowest BCUT2D eigenvalue weighted by molar-refractivity contribution is -0.136. The SMILES string of the molecule is CC(C#N)=C([O])C(=O)O. The molecule has 0 unspecified atom stereocenters. The second kappa shape index (κ2) is 2.72. The van der Waals surface area contributed by atoms with Crippen molar-refractivity contribution in [1.29, 1.82) is 5.26 Å². The maximum atomic E-state index is 10.2. The maximum Gasteiger partial charge on any atom is 0.377 e. The van der Waals surface area contributed by atoms with E-state index in [0.29, 0.717) is 0 Å². The molecular formula is C5H4NO3. The van der Waals surface area contributed by atoms with Gasteiger partial charge in [0.2, 0.25) is 0 Å². The molecule has 0 spiro atoms. The Labute approximate surface area is 51.7 Å². The van der Waals surface area contributed by atoms with Crippen molar-refractivity contribution in [1.82, 2.24) is 0 Å². The Balaban J connectivity index is 4.54. The van der Waals surface area contributed by atoms with Gasteiger partial charge in [-0.2, -0.15) is 5.26 Å². The van der Waals surface area contributed by atoms with E-state index in [2.05, 4.69) is 0 Å². The average Bonchev–Trinajstić information content (AvgIpc) is 1.84. The number of aliphatic carboxylic acids is 1. The topological polar surface area (TPSA) is 81.0 Å². The van der Waals surface area contributed by atoms with E-state index in [1.165, 1.54) is 6.07 Å². The van der Waals surface area contributed by atoms with E-state index >= 15 is 0 Å². The quantitative estimate of drug-likeness (QED) is 0.311. The minimum Gasteiger partial charge on any atom is -0.475 e. The summed E-state index contributed by atoms with van der Waals surface area (Å²) in [7, 11) is 0. The van der Waals surface area contributed by atoms with Crippen molar-refractivity contribution in [2.75, 3.05) is 0 Å². The summed E-state index contributed by atoms with van der Waals surface area (Å²) in [5.74, 6) is -2.73. The number of allylic oxidation sites excluding steroid dienone is 1. The lowest BCUT2D eigenvalue weighted by atomic mass is 10.3. The molecule has 0 aromatic rings. The number of nitrogens with zero attached hydrogens (tertiary/aromatic N) is 1. The number of rotatable bonds is 1. The molecule has 0 heterocycles. The van der Waals surface area contributed by atoms with Crippen LogP contribution in [0.4, 0.5) is 0 Å². The van der Waals surface area contributed by atoms with Gasteiger partial charge in [-0.3, -0.25) is 5.11 Å². The van der Waals surface area contributed by atoms with Crippen molar-refractivity contribution in [3.8, 4) is 6.07 Å². The first-order chi connectivity index (χ1) is 4.09. The molecule has 0 saturated carbocycles. The van der Waals surface area contributed by atoms with Gasteiger partial charge in [-0.15, -0.1) is 0 Å². The molecule has 0 aliphatic rings. The van der Waals surface area contributed by atoms with Gasteiger partial charge >= 0.3 is 5.97 Å². The van der Waals surface area contributed by atoms with Gasteiger partial charge in [0.1, 0.15) is 0 Å². The first-order valence-corrected chi connectivity index (χ1v) is 2.11. The van der Waals surface area contributed by atoms with Gasteiger partial charge in [-0.25, -0.2) is 4.79 Å². The predicted octanol–water partition coefficient (Wildman–Crippen LogP) is 0.299. The van der Waals surface area contributed by atoms with Crippen molar-refractivity contribution >= 4 is 5.97 Å². The molecule has 4 heteroatoms. The summed E-state index contributed by atoms with van der Waals surface area (Å²) in [6.07, 6.45) is 0. The zero-order valence-electron chi connectivity index (χ0n) is 4.71. The first-order valence-electron chi connectivity index (χ1n) is 2.11. The summed E-state index contributed by atoms with van der Waals surface area (Å²) in [6, 6.07) is 1.43. The summed E-state index contributed by atoms with van der Waals surface area (Å²) in [5.41, 5.74) is -0.303. The number of hydrogen-bond donors (Lipinski definition) is 1. The Morgan fingerprint density at radius 2 is 2.11 bits per heavy atom. The molecule has 0 saturated heterocycles. The lowest BCUT2D eigenvalue weighted by Gasteiger charge is -1.84. The normalized spacial score (nSPS) is 11.6. The van der Waals surface area contributed by atoms with Crippen LogP contribution in [0.25, 0.3) is 0 Å². The highest BCUT2D eigenvalue weighted by atomic mass is 16.4. The monoisotopic (exact) mass is 126 g/mol. The molecule has 47 valence electrons. The van der Waals surface area contributed by atoms with Gasteiger partial charge in [0.25, 0.3) is 5.76 Å². The molecule has 0 atom stereocenters. The van der Waals surface area contributed by atoms with Crippen LogP contribution in [0.5, 0.6) is 0 Å². The minimum atomic E-state index is -1.59. The number of nitriles is 1. The van der Waals surface area contributed by atoms with E-state index in [1.807, 2.05) is 0 Å². The first kappa shape index (κ1) is 7.50. The van der Waals surface area contributed by atoms with E-state index in [4.69, 9.17) is 10.4 Å². The van der Waals surface area contributed by atoms with Crippen LogP contribution < -0.4 is 0 Å². The summed E-state index contributed by atoms with van der Waals surface area (Å²) in [6.45, 7) is 1.16. The summed E-state index contributed by atoms with van der Waals surface area (Å²) in [5, 5.41) is 26.2. The number of carboxylic acids is 1. The van der Waals surface area contributed by atoms with Crippen molar-refractivity contribution in [3.05, 3.63) is 11.3 Å². The Kier molecular flexibility index (Phi) is 2.27. The van der Waals surface area contributed by atoms with Crippen molar-refractivity contribution in [2.45, 2.75) is 6.92 Å². The van der Waals surface area contributed by atoms with Gasteiger partial charge in [-0.05, 0) is 6.92 Å². The van der Waals surface area contributed by atoms with Crippen molar-refractivity contribution in [3.63, 3.8) is 0 Å². The predicted molar refractivity (Wildman–Crippen MR) is 26.6 cm³/mol. The van der Waals surface area contributed by atoms with Gasteiger partial charge in [0.15, 0.2) is 0 Å². The van der Waals surface area contributed by atoms with E-state index in [9.17, 15) is 9.90 Å². The van der Waals surface area contributed by atoms with Crippen molar-refractivity contribution < 1.29 is 15.0 Å². The summed E-state index contributed by atoms with van der Waals surface area (Å²) >= 11 is 0. The largest absolute Gasteiger partial charge is 0.475 e. The van der Waals surface area contributed by atoms with Crippen molar-refractivity contribution in [2.24, 2.45) is 0 Å². The van der Waals surface area contributed by atoms with Crippen LogP contribution in [-0.4, -0.2) is 11.1 Å². The van der Waals surface area contributed by atoms with Crippen LogP contribution in [0.1, 0.15) is 6.92 Å². The fourth-order valence-corrected chi connectivity index (χ4v) is 0.211. The zero-order valence-corrected chi connectivity index (χ0v) is 4.71. The number of carboxylic acid groups (broad SMARTS) is 1. The highest BCUT2D eigenvalue weighted by Crippen LogP contribution is 1.98. The van der Waals surface area contributed by atoms with E-state index in [1.54, 1.807) is 0 Å². The maximum absolute atomic E-state index is 10.2. The molecule has 4 nitrogen and oxygen atoms in total. The molecule has 1 radical (unpaired) electrons. The second-order valence-electron chi connectivity index (χ2n) is 1.37. The fourth-order valence-electron chi connectivity index (χ4n) is 0.211. The van der Waals surface area contributed by atoms with E-state index in [0.717, 1.165) is 6.92 Å². The molecule has 9 heavy (non-hydrogen) atoms. The summed E-state index contributed by atoms with van der Waals surface area (Å²) in [4.78, 5) is 9.78. The van der Waals surface area contributed by atoms with E-state index in [-0.39, 0.29) is 5.57 Å². The molecule has 0 aromatic heterocycles. The second-order valence-corrected chi connectivity index (χ2v) is 1.37.